The van der Waals surface area contributed by atoms with Gasteiger partial charge in [0.2, 0.25) is 0 Å². The maximum atomic E-state index is 5.32. The zero-order valence-corrected chi connectivity index (χ0v) is 12.9. The number of hydrogen-bond acceptors (Lipinski definition) is 2. The number of thiocarbonyl (C=S) groups is 1. The molecule has 0 aliphatic heterocycles. The first-order valence-electron chi connectivity index (χ1n) is 6.73. The van der Waals surface area contributed by atoms with E-state index in [4.69, 9.17) is 12.2 Å². The van der Waals surface area contributed by atoms with Crippen molar-refractivity contribution in [3.63, 3.8) is 0 Å². The molecule has 0 spiro atoms. The quantitative estimate of drug-likeness (QED) is 0.849. The van der Waals surface area contributed by atoms with Crippen molar-refractivity contribution in [2.75, 3.05) is 5.32 Å². The van der Waals surface area contributed by atoms with Gasteiger partial charge in [-0.05, 0) is 56.2 Å². The molecule has 0 saturated heterocycles. The van der Waals surface area contributed by atoms with Crippen LogP contribution < -0.4 is 10.6 Å². The first kappa shape index (κ1) is 14.5. The summed E-state index contributed by atoms with van der Waals surface area (Å²) in [6.07, 6.45) is 1.97. The molecule has 0 bridgehead atoms. The summed E-state index contributed by atoms with van der Waals surface area (Å²) >= 11 is 5.32. The van der Waals surface area contributed by atoms with Gasteiger partial charge in [-0.15, -0.1) is 0 Å². The molecule has 0 atom stereocenters. The Hall–Kier alpha value is -1.88. The molecule has 0 saturated carbocycles. The third-order valence-corrected chi connectivity index (χ3v) is 3.55. The normalized spacial score (nSPS) is 10.3. The number of benzene rings is 1. The van der Waals surface area contributed by atoms with Crippen LogP contribution >= 0.6 is 12.2 Å². The molecule has 1 aromatic heterocycles. The van der Waals surface area contributed by atoms with Crippen LogP contribution in [0.25, 0.3) is 0 Å². The van der Waals surface area contributed by atoms with Gasteiger partial charge in [0.15, 0.2) is 5.11 Å². The minimum Gasteiger partial charge on any atom is -0.357 e. The third kappa shape index (κ3) is 3.57. The molecule has 0 aliphatic carbocycles. The summed E-state index contributed by atoms with van der Waals surface area (Å²) in [6, 6.07) is 8.14. The fraction of sp³-hybridized carbons (Fsp3) is 0.333. The van der Waals surface area contributed by atoms with Gasteiger partial charge in [0.1, 0.15) is 0 Å². The van der Waals surface area contributed by atoms with Gasteiger partial charge in [-0.3, -0.25) is 4.68 Å². The van der Waals surface area contributed by atoms with E-state index in [1.165, 1.54) is 11.1 Å². The smallest absolute Gasteiger partial charge is 0.171 e. The molecule has 2 N–H and O–H groups in total. The SMILES string of the molecule is CCn1ccc(CNC(=S)Nc2cccc(C)c2C)n1. The first-order chi connectivity index (χ1) is 9.60. The monoisotopic (exact) mass is 288 g/mol. The highest BCUT2D eigenvalue weighted by Crippen LogP contribution is 2.17. The number of rotatable bonds is 4. The molecule has 2 aromatic rings. The van der Waals surface area contributed by atoms with Crippen LogP contribution in [0.2, 0.25) is 0 Å². The number of anilines is 1. The summed E-state index contributed by atoms with van der Waals surface area (Å²) in [5.74, 6) is 0. The van der Waals surface area contributed by atoms with Crippen LogP contribution in [-0.2, 0) is 13.1 Å². The predicted molar refractivity (Wildman–Crippen MR) is 86.9 cm³/mol. The number of hydrogen-bond donors (Lipinski definition) is 2. The van der Waals surface area contributed by atoms with E-state index in [9.17, 15) is 0 Å². The van der Waals surface area contributed by atoms with Crippen molar-refractivity contribution in [1.29, 1.82) is 0 Å². The van der Waals surface area contributed by atoms with Gasteiger partial charge < -0.3 is 10.6 Å². The molecule has 0 radical (unpaired) electrons. The van der Waals surface area contributed by atoms with Crippen LogP contribution in [0.15, 0.2) is 30.5 Å². The lowest BCUT2D eigenvalue weighted by atomic mass is 10.1. The zero-order valence-electron chi connectivity index (χ0n) is 12.1. The largest absolute Gasteiger partial charge is 0.357 e. The van der Waals surface area contributed by atoms with Gasteiger partial charge in [-0.25, -0.2) is 0 Å². The lowest BCUT2D eigenvalue weighted by molar-refractivity contribution is 0.643. The molecule has 1 aromatic carbocycles. The van der Waals surface area contributed by atoms with Crippen molar-refractivity contribution in [2.45, 2.75) is 33.9 Å². The Bertz CT molecular complexity index is 604. The average Bonchev–Trinajstić information content (AvgIpc) is 2.90. The van der Waals surface area contributed by atoms with Crippen LogP contribution in [0.1, 0.15) is 23.7 Å². The van der Waals surface area contributed by atoms with Crippen LogP contribution in [0.4, 0.5) is 5.69 Å². The molecular weight excluding hydrogens is 268 g/mol. The van der Waals surface area contributed by atoms with Crippen molar-refractivity contribution < 1.29 is 0 Å². The van der Waals surface area contributed by atoms with Gasteiger partial charge in [-0.1, -0.05) is 12.1 Å². The van der Waals surface area contributed by atoms with Crippen molar-refractivity contribution in [1.82, 2.24) is 15.1 Å². The van der Waals surface area contributed by atoms with E-state index in [1.54, 1.807) is 0 Å². The second-order valence-electron chi connectivity index (χ2n) is 4.72. The highest BCUT2D eigenvalue weighted by molar-refractivity contribution is 7.80. The number of aryl methyl sites for hydroxylation is 2. The van der Waals surface area contributed by atoms with Gasteiger partial charge >= 0.3 is 0 Å². The highest BCUT2D eigenvalue weighted by Gasteiger charge is 2.04. The minimum absolute atomic E-state index is 0.616. The first-order valence-corrected chi connectivity index (χ1v) is 7.14. The summed E-state index contributed by atoms with van der Waals surface area (Å²) in [6.45, 7) is 7.75. The van der Waals surface area contributed by atoms with Gasteiger partial charge in [-0.2, -0.15) is 5.10 Å². The van der Waals surface area contributed by atoms with Crippen molar-refractivity contribution >= 4 is 23.0 Å². The molecular formula is C15H20N4S. The maximum absolute atomic E-state index is 5.32. The van der Waals surface area contributed by atoms with Crippen molar-refractivity contribution in [2.24, 2.45) is 0 Å². The summed E-state index contributed by atoms with van der Waals surface area (Å²) < 4.78 is 1.90. The summed E-state index contributed by atoms with van der Waals surface area (Å²) in [5, 5.41) is 11.4. The number of nitrogens with one attached hydrogen (secondary N) is 2. The molecule has 20 heavy (non-hydrogen) atoms. The molecule has 2 rings (SSSR count). The van der Waals surface area contributed by atoms with E-state index >= 15 is 0 Å². The zero-order chi connectivity index (χ0) is 14.5. The van der Waals surface area contributed by atoms with E-state index in [2.05, 4.69) is 42.6 Å². The molecule has 4 nitrogen and oxygen atoms in total. The molecule has 0 amide bonds. The molecule has 1 heterocycles. The average molecular weight is 288 g/mol. The van der Waals surface area contributed by atoms with E-state index in [-0.39, 0.29) is 0 Å². The lowest BCUT2D eigenvalue weighted by Gasteiger charge is -2.13. The molecule has 5 heteroatoms. The Morgan fingerprint density at radius 3 is 2.80 bits per heavy atom. The predicted octanol–water partition coefficient (Wildman–Crippen LogP) is 3.01. The second-order valence-corrected chi connectivity index (χ2v) is 5.13. The van der Waals surface area contributed by atoms with E-state index < -0.39 is 0 Å². The summed E-state index contributed by atoms with van der Waals surface area (Å²) in [7, 11) is 0. The lowest BCUT2D eigenvalue weighted by Crippen LogP contribution is -2.28. The maximum Gasteiger partial charge on any atom is 0.171 e. The van der Waals surface area contributed by atoms with Crippen molar-refractivity contribution in [3.8, 4) is 0 Å². The highest BCUT2D eigenvalue weighted by atomic mass is 32.1. The minimum atomic E-state index is 0.616. The van der Waals surface area contributed by atoms with Crippen LogP contribution in [0.3, 0.4) is 0 Å². The molecule has 106 valence electrons. The van der Waals surface area contributed by atoms with E-state index in [1.807, 2.05) is 29.1 Å². The fourth-order valence-corrected chi connectivity index (χ4v) is 2.08. The van der Waals surface area contributed by atoms with E-state index in [0.29, 0.717) is 11.7 Å². The van der Waals surface area contributed by atoms with Crippen LogP contribution in [-0.4, -0.2) is 14.9 Å². The number of aromatic nitrogens is 2. The Morgan fingerprint density at radius 2 is 2.10 bits per heavy atom. The van der Waals surface area contributed by atoms with Gasteiger partial charge in [0.05, 0.1) is 12.2 Å². The summed E-state index contributed by atoms with van der Waals surface area (Å²) in [4.78, 5) is 0. The molecule has 0 unspecified atom stereocenters. The van der Waals surface area contributed by atoms with Crippen molar-refractivity contribution in [3.05, 3.63) is 47.3 Å². The number of nitrogens with zero attached hydrogens (tertiary/aromatic N) is 2. The van der Waals surface area contributed by atoms with Gasteiger partial charge in [0, 0.05) is 18.4 Å². The van der Waals surface area contributed by atoms with Gasteiger partial charge in [0.25, 0.3) is 0 Å². The molecule has 0 aliphatic rings. The Labute approximate surface area is 125 Å². The Morgan fingerprint density at radius 1 is 1.30 bits per heavy atom. The van der Waals surface area contributed by atoms with Crippen LogP contribution in [0.5, 0.6) is 0 Å². The fourth-order valence-electron chi connectivity index (χ4n) is 1.90. The molecule has 0 fully saturated rings. The standard InChI is InChI=1S/C15H20N4S/c1-4-19-9-8-13(18-19)10-16-15(20)17-14-7-5-6-11(2)12(14)3/h5-9H,4,10H2,1-3H3,(H2,16,17,20). The topological polar surface area (TPSA) is 41.9 Å². The Balaban J connectivity index is 1.91. The summed E-state index contributed by atoms with van der Waals surface area (Å²) in [5.41, 5.74) is 4.49. The van der Waals surface area contributed by atoms with Crippen LogP contribution in [0, 0.1) is 13.8 Å². The third-order valence-electron chi connectivity index (χ3n) is 3.30. The second kappa shape index (κ2) is 6.52. The van der Waals surface area contributed by atoms with E-state index in [0.717, 1.165) is 17.9 Å². The Kier molecular flexibility index (Phi) is 4.74.